The van der Waals surface area contributed by atoms with Crippen molar-refractivity contribution < 1.29 is 5.11 Å². The molecule has 0 aliphatic rings. The minimum absolute atomic E-state index is 0.116. The topological polar surface area (TPSA) is 23.5 Å². The van der Waals surface area contributed by atoms with Crippen LogP contribution in [0.3, 0.4) is 0 Å². The Bertz CT molecular complexity index is 305. The zero-order chi connectivity index (χ0) is 10.4. The van der Waals surface area contributed by atoms with Gasteiger partial charge in [0, 0.05) is 14.1 Å². The van der Waals surface area contributed by atoms with E-state index >= 15 is 0 Å². The number of hydrogen-bond donors (Lipinski definition) is 1. The molecule has 76 valence electrons. The fourth-order valence-corrected chi connectivity index (χ4v) is 1.25. The van der Waals surface area contributed by atoms with Crippen LogP contribution in [-0.4, -0.2) is 24.1 Å². The van der Waals surface area contributed by atoms with Gasteiger partial charge in [-0.25, -0.2) is 0 Å². The van der Waals surface area contributed by atoms with E-state index < -0.39 is 0 Å². The van der Waals surface area contributed by atoms with Crippen LogP contribution in [0.2, 0.25) is 0 Å². The summed E-state index contributed by atoms with van der Waals surface area (Å²) >= 11 is 0. The van der Waals surface area contributed by atoms with Gasteiger partial charge >= 0.3 is 0 Å². The number of benzene rings is 1. The molecule has 2 nitrogen and oxygen atoms in total. The van der Waals surface area contributed by atoms with E-state index in [4.69, 9.17) is 5.11 Å². The second-order valence-electron chi connectivity index (χ2n) is 3.53. The predicted octanol–water partition coefficient (Wildman–Crippen LogP) is 1.80. The van der Waals surface area contributed by atoms with E-state index in [9.17, 15) is 0 Å². The molecule has 1 aromatic rings. The van der Waals surface area contributed by atoms with Crippen LogP contribution in [0.1, 0.15) is 11.1 Å². The van der Waals surface area contributed by atoms with E-state index in [1.807, 2.05) is 43.4 Å². The number of nitrogens with zero attached hydrogens (tertiary/aromatic N) is 1. The largest absolute Gasteiger partial charge is 0.392 e. The SMILES string of the molecule is CN(C)/C=C/Cc1cccc(CO)c1. The van der Waals surface area contributed by atoms with Crippen LogP contribution in [0.25, 0.3) is 0 Å². The molecule has 0 saturated carbocycles. The van der Waals surface area contributed by atoms with Crippen LogP contribution in [0.4, 0.5) is 0 Å². The molecule has 0 radical (unpaired) electrons. The molecular weight excluding hydrogens is 174 g/mol. The summed E-state index contributed by atoms with van der Waals surface area (Å²) in [6, 6.07) is 8.00. The summed E-state index contributed by atoms with van der Waals surface area (Å²) in [5.74, 6) is 0. The van der Waals surface area contributed by atoms with Crippen molar-refractivity contribution >= 4 is 0 Å². The van der Waals surface area contributed by atoms with Crippen molar-refractivity contribution in [3.05, 3.63) is 47.7 Å². The van der Waals surface area contributed by atoms with Crippen molar-refractivity contribution in [2.75, 3.05) is 14.1 Å². The highest BCUT2D eigenvalue weighted by Gasteiger charge is 1.92. The lowest BCUT2D eigenvalue weighted by molar-refractivity contribution is 0.282. The maximum atomic E-state index is 8.95. The van der Waals surface area contributed by atoms with Gasteiger partial charge in [-0.2, -0.15) is 0 Å². The second-order valence-corrected chi connectivity index (χ2v) is 3.53. The lowest BCUT2D eigenvalue weighted by Crippen LogP contribution is -2.00. The van der Waals surface area contributed by atoms with Crippen LogP contribution >= 0.6 is 0 Å². The Hall–Kier alpha value is -1.28. The average Bonchev–Trinajstić information content (AvgIpc) is 2.18. The molecule has 0 aliphatic carbocycles. The van der Waals surface area contributed by atoms with Crippen molar-refractivity contribution in [1.29, 1.82) is 0 Å². The molecule has 0 saturated heterocycles. The molecule has 0 unspecified atom stereocenters. The molecule has 0 spiro atoms. The van der Waals surface area contributed by atoms with Crippen molar-refractivity contribution in [3.8, 4) is 0 Å². The molecule has 2 heteroatoms. The highest BCUT2D eigenvalue weighted by molar-refractivity contribution is 5.24. The quantitative estimate of drug-likeness (QED) is 0.784. The van der Waals surface area contributed by atoms with Gasteiger partial charge in [-0.15, -0.1) is 0 Å². The summed E-state index contributed by atoms with van der Waals surface area (Å²) in [5, 5.41) is 8.95. The van der Waals surface area contributed by atoms with Crippen molar-refractivity contribution in [2.45, 2.75) is 13.0 Å². The minimum atomic E-state index is 0.116. The molecule has 1 aromatic carbocycles. The molecule has 0 heterocycles. The summed E-state index contributed by atoms with van der Waals surface area (Å²) in [5.41, 5.74) is 2.20. The van der Waals surface area contributed by atoms with Gasteiger partial charge < -0.3 is 10.0 Å². The number of allylic oxidation sites excluding steroid dienone is 1. The third kappa shape index (κ3) is 3.62. The Labute approximate surface area is 85.5 Å². The standard InChI is InChI=1S/C12H17NO/c1-13(2)8-4-7-11-5-3-6-12(9-11)10-14/h3-6,8-9,14H,7,10H2,1-2H3/b8-4+. The molecule has 0 amide bonds. The first kappa shape index (κ1) is 10.8. The first-order chi connectivity index (χ1) is 6.72. The van der Waals surface area contributed by atoms with Gasteiger partial charge in [0.2, 0.25) is 0 Å². The molecule has 0 fully saturated rings. The van der Waals surface area contributed by atoms with Crippen molar-refractivity contribution in [2.24, 2.45) is 0 Å². The van der Waals surface area contributed by atoms with Crippen LogP contribution in [0.5, 0.6) is 0 Å². The van der Waals surface area contributed by atoms with Gasteiger partial charge in [0.1, 0.15) is 0 Å². The molecule has 0 aromatic heterocycles. The Balaban J connectivity index is 2.58. The normalized spacial score (nSPS) is 10.8. The number of aliphatic hydroxyl groups excluding tert-OH is 1. The predicted molar refractivity (Wildman–Crippen MR) is 58.9 cm³/mol. The van der Waals surface area contributed by atoms with Gasteiger partial charge in [-0.1, -0.05) is 30.3 Å². The smallest absolute Gasteiger partial charge is 0.0681 e. The second kappa shape index (κ2) is 5.45. The van der Waals surface area contributed by atoms with Crippen LogP contribution in [0.15, 0.2) is 36.5 Å². The Morgan fingerprint density at radius 1 is 1.29 bits per heavy atom. The monoisotopic (exact) mass is 191 g/mol. The van der Waals surface area contributed by atoms with Gasteiger partial charge in [-0.05, 0) is 23.7 Å². The van der Waals surface area contributed by atoms with E-state index in [0.717, 1.165) is 12.0 Å². The van der Waals surface area contributed by atoms with Gasteiger partial charge in [0.15, 0.2) is 0 Å². The van der Waals surface area contributed by atoms with E-state index in [2.05, 4.69) is 12.1 Å². The number of rotatable bonds is 4. The Morgan fingerprint density at radius 2 is 2.00 bits per heavy atom. The maximum absolute atomic E-state index is 8.95. The number of aliphatic hydroxyl groups is 1. The molecule has 0 atom stereocenters. The summed E-state index contributed by atoms with van der Waals surface area (Å²) in [7, 11) is 4.00. The summed E-state index contributed by atoms with van der Waals surface area (Å²) in [6.45, 7) is 0.116. The molecule has 1 N–H and O–H groups in total. The summed E-state index contributed by atoms with van der Waals surface area (Å²) in [6.07, 6.45) is 5.05. The first-order valence-corrected chi connectivity index (χ1v) is 4.74. The highest BCUT2D eigenvalue weighted by Crippen LogP contribution is 2.06. The molecular formula is C12H17NO. The Kier molecular flexibility index (Phi) is 4.20. The van der Waals surface area contributed by atoms with E-state index in [1.54, 1.807) is 0 Å². The minimum Gasteiger partial charge on any atom is -0.392 e. The lowest BCUT2D eigenvalue weighted by atomic mass is 10.1. The zero-order valence-electron chi connectivity index (χ0n) is 8.77. The summed E-state index contributed by atoms with van der Waals surface area (Å²) < 4.78 is 0. The first-order valence-electron chi connectivity index (χ1n) is 4.74. The molecule has 0 aliphatic heterocycles. The fraction of sp³-hybridized carbons (Fsp3) is 0.333. The van der Waals surface area contributed by atoms with Gasteiger partial charge in [-0.3, -0.25) is 0 Å². The van der Waals surface area contributed by atoms with Crippen LogP contribution in [-0.2, 0) is 13.0 Å². The van der Waals surface area contributed by atoms with E-state index in [0.29, 0.717) is 0 Å². The molecule has 14 heavy (non-hydrogen) atoms. The third-order valence-electron chi connectivity index (χ3n) is 1.93. The molecule has 1 rings (SSSR count). The summed E-state index contributed by atoms with van der Waals surface area (Å²) in [4.78, 5) is 2.01. The zero-order valence-corrected chi connectivity index (χ0v) is 8.77. The molecule has 0 bridgehead atoms. The van der Waals surface area contributed by atoms with E-state index in [1.165, 1.54) is 5.56 Å². The third-order valence-corrected chi connectivity index (χ3v) is 1.93. The van der Waals surface area contributed by atoms with Crippen LogP contribution < -0.4 is 0 Å². The van der Waals surface area contributed by atoms with Gasteiger partial charge in [0.05, 0.1) is 6.61 Å². The lowest BCUT2D eigenvalue weighted by Gasteiger charge is -2.04. The van der Waals surface area contributed by atoms with Crippen LogP contribution in [0, 0.1) is 0 Å². The van der Waals surface area contributed by atoms with Crippen molar-refractivity contribution in [1.82, 2.24) is 4.90 Å². The van der Waals surface area contributed by atoms with Crippen molar-refractivity contribution in [3.63, 3.8) is 0 Å². The highest BCUT2D eigenvalue weighted by atomic mass is 16.3. The average molecular weight is 191 g/mol. The fourth-order valence-electron chi connectivity index (χ4n) is 1.25. The number of hydrogen-bond acceptors (Lipinski definition) is 2. The Morgan fingerprint density at radius 3 is 2.64 bits per heavy atom. The van der Waals surface area contributed by atoms with Gasteiger partial charge in [0.25, 0.3) is 0 Å². The van der Waals surface area contributed by atoms with E-state index in [-0.39, 0.29) is 6.61 Å². The maximum Gasteiger partial charge on any atom is 0.0681 e.